The van der Waals surface area contributed by atoms with E-state index in [1.54, 1.807) is 25.3 Å². The van der Waals surface area contributed by atoms with Gasteiger partial charge in [0.2, 0.25) is 0 Å². The maximum Gasteiger partial charge on any atom is 0.294 e. The molecule has 1 aromatic heterocycles. The van der Waals surface area contributed by atoms with E-state index >= 15 is 0 Å². The standard InChI is InChI=1S/C23H25ClN2O5S3/c1-4-6-7-13-31-17-9-8-16(14-18(17)30-3)15-19-22(27)26(12-5-2)23(32-19)25-34(28,29)21-11-10-20(24)33-21/h5,8-11,14-15H,2,4,6-7,12-13H2,1,3H3. The molecule has 0 saturated carbocycles. The zero-order valence-electron chi connectivity index (χ0n) is 18.8. The molecule has 1 fully saturated rings. The highest BCUT2D eigenvalue weighted by atomic mass is 35.5. The number of unbranched alkanes of at least 4 members (excludes halogenated alkanes) is 2. The summed E-state index contributed by atoms with van der Waals surface area (Å²) in [4.78, 5) is 14.6. The molecule has 1 amide bonds. The van der Waals surface area contributed by atoms with Gasteiger partial charge < -0.3 is 9.47 Å². The van der Waals surface area contributed by atoms with Crippen molar-refractivity contribution in [1.29, 1.82) is 0 Å². The summed E-state index contributed by atoms with van der Waals surface area (Å²) in [5, 5.41) is 0.0588. The number of methoxy groups -OCH3 is 1. The molecule has 34 heavy (non-hydrogen) atoms. The van der Waals surface area contributed by atoms with E-state index in [-0.39, 0.29) is 21.8 Å². The average Bonchev–Trinajstić information content (AvgIpc) is 3.37. The van der Waals surface area contributed by atoms with Crippen molar-refractivity contribution >= 4 is 61.9 Å². The van der Waals surface area contributed by atoms with Crippen LogP contribution in [0.5, 0.6) is 11.5 Å². The van der Waals surface area contributed by atoms with Gasteiger partial charge in [-0.05, 0) is 54.1 Å². The molecular weight excluding hydrogens is 516 g/mol. The number of carbonyl (C=O) groups excluding carboxylic acids is 1. The molecular formula is C23H25ClN2O5S3. The first-order chi connectivity index (χ1) is 16.3. The van der Waals surface area contributed by atoms with Crippen LogP contribution in [0.2, 0.25) is 4.34 Å². The summed E-state index contributed by atoms with van der Waals surface area (Å²) < 4.78 is 40.9. The van der Waals surface area contributed by atoms with Crippen molar-refractivity contribution in [2.24, 2.45) is 4.40 Å². The smallest absolute Gasteiger partial charge is 0.294 e. The highest BCUT2D eigenvalue weighted by molar-refractivity contribution is 8.19. The summed E-state index contributed by atoms with van der Waals surface area (Å²) in [5.74, 6) is 0.819. The monoisotopic (exact) mass is 540 g/mol. The molecule has 0 bridgehead atoms. The number of halogens is 1. The zero-order valence-corrected chi connectivity index (χ0v) is 22.0. The Morgan fingerprint density at radius 2 is 2.00 bits per heavy atom. The number of amidine groups is 1. The first-order valence-corrected chi connectivity index (χ1v) is 14.0. The van der Waals surface area contributed by atoms with Crippen LogP contribution in [0.4, 0.5) is 0 Å². The molecule has 3 rings (SSSR count). The van der Waals surface area contributed by atoms with Crippen LogP contribution in [-0.2, 0) is 14.8 Å². The van der Waals surface area contributed by atoms with Gasteiger partial charge in [-0.1, -0.05) is 43.5 Å². The maximum atomic E-state index is 13.0. The largest absolute Gasteiger partial charge is 0.493 e. The van der Waals surface area contributed by atoms with Crippen LogP contribution in [0.25, 0.3) is 6.08 Å². The molecule has 0 atom stereocenters. The quantitative estimate of drug-likeness (QED) is 0.203. The predicted molar refractivity (Wildman–Crippen MR) is 139 cm³/mol. The third-order valence-electron chi connectivity index (χ3n) is 4.69. The summed E-state index contributed by atoms with van der Waals surface area (Å²) in [6.45, 7) is 6.50. The van der Waals surface area contributed by atoms with Crippen LogP contribution in [0, 0.1) is 0 Å². The Labute approximate surface area is 213 Å². The molecule has 1 aliphatic rings. The Morgan fingerprint density at radius 1 is 1.21 bits per heavy atom. The average molecular weight is 541 g/mol. The lowest BCUT2D eigenvalue weighted by Crippen LogP contribution is -2.29. The lowest BCUT2D eigenvalue weighted by Gasteiger charge is -2.12. The van der Waals surface area contributed by atoms with E-state index in [1.165, 1.54) is 23.1 Å². The summed E-state index contributed by atoms with van der Waals surface area (Å²) >= 11 is 7.76. The summed E-state index contributed by atoms with van der Waals surface area (Å²) in [6, 6.07) is 8.26. The van der Waals surface area contributed by atoms with Gasteiger partial charge in [0.25, 0.3) is 15.9 Å². The highest BCUT2D eigenvalue weighted by Crippen LogP contribution is 2.36. The Morgan fingerprint density at radius 3 is 2.65 bits per heavy atom. The molecule has 0 unspecified atom stereocenters. The molecule has 2 aromatic rings. The van der Waals surface area contributed by atoms with Crippen molar-refractivity contribution in [1.82, 2.24) is 4.90 Å². The Hall–Kier alpha value is -2.27. The second kappa shape index (κ2) is 11.9. The van der Waals surface area contributed by atoms with Gasteiger partial charge in [-0.3, -0.25) is 9.69 Å². The molecule has 7 nitrogen and oxygen atoms in total. The molecule has 1 aliphatic heterocycles. The van der Waals surface area contributed by atoms with Gasteiger partial charge >= 0.3 is 0 Å². The number of sulfonamides is 1. The molecule has 0 N–H and O–H groups in total. The number of ether oxygens (including phenoxy) is 2. The van der Waals surface area contributed by atoms with E-state index in [1.807, 2.05) is 6.07 Å². The molecule has 11 heteroatoms. The Balaban J connectivity index is 1.87. The fourth-order valence-electron chi connectivity index (χ4n) is 3.03. The van der Waals surface area contributed by atoms with Crippen LogP contribution in [0.1, 0.15) is 31.7 Å². The Kier molecular flexibility index (Phi) is 9.24. The second-order valence-electron chi connectivity index (χ2n) is 7.19. The van der Waals surface area contributed by atoms with Crippen molar-refractivity contribution in [2.75, 3.05) is 20.3 Å². The van der Waals surface area contributed by atoms with Gasteiger partial charge in [0.15, 0.2) is 16.7 Å². The van der Waals surface area contributed by atoms with Gasteiger partial charge in [0.1, 0.15) is 4.21 Å². The molecule has 0 spiro atoms. The number of nitrogens with zero attached hydrogens (tertiary/aromatic N) is 2. The molecule has 0 radical (unpaired) electrons. The number of thiophene rings is 1. The minimum absolute atomic E-state index is 0.00768. The Bertz CT molecular complexity index is 1220. The predicted octanol–water partition coefficient (Wildman–Crippen LogP) is 5.83. The van der Waals surface area contributed by atoms with E-state index < -0.39 is 10.0 Å². The summed E-state index contributed by atoms with van der Waals surface area (Å²) in [7, 11) is -2.46. The van der Waals surface area contributed by atoms with Gasteiger partial charge in [0, 0.05) is 6.54 Å². The third-order valence-corrected chi connectivity index (χ3v) is 8.78. The number of carbonyl (C=O) groups is 1. The topological polar surface area (TPSA) is 85.3 Å². The first kappa shape index (κ1) is 26.3. The third kappa shape index (κ3) is 6.44. The van der Waals surface area contributed by atoms with Crippen LogP contribution in [0.15, 0.2) is 56.5 Å². The number of thioether (sulfide) groups is 1. The zero-order chi connectivity index (χ0) is 24.7. The van der Waals surface area contributed by atoms with Crippen LogP contribution >= 0.6 is 34.7 Å². The van der Waals surface area contributed by atoms with Crippen molar-refractivity contribution in [3.63, 3.8) is 0 Å². The lowest BCUT2D eigenvalue weighted by atomic mass is 10.2. The number of hydrogen-bond acceptors (Lipinski definition) is 7. The fraction of sp³-hybridized carbons (Fsp3) is 0.304. The van der Waals surface area contributed by atoms with Crippen LogP contribution in [0.3, 0.4) is 0 Å². The normalized spacial score (nSPS) is 16.4. The minimum Gasteiger partial charge on any atom is -0.493 e. The van der Waals surface area contributed by atoms with Crippen LogP contribution in [-0.4, -0.2) is 44.7 Å². The maximum absolute atomic E-state index is 13.0. The van der Waals surface area contributed by atoms with Gasteiger partial charge in [-0.15, -0.1) is 22.3 Å². The van der Waals surface area contributed by atoms with Crippen molar-refractivity contribution in [3.05, 3.63) is 57.8 Å². The van der Waals surface area contributed by atoms with Gasteiger partial charge in [0.05, 0.1) is 23.0 Å². The van der Waals surface area contributed by atoms with Gasteiger partial charge in [-0.25, -0.2) is 0 Å². The van der Waals surface area contributed by atoms with E-state index in [2.05, 4.69) is 17.9 Å². The number of benzene rings is 1. The molecule has 2 heterocycles. The lowest BCUT2D eigenvalue weighted by molar-refractivity contribution is -0.121. The number of rotatable bonds is 11. The molecule has 1 saturated heterocycles. The van der Waals surface area contributed by atoms with E-state index in [9.17, 15) is 13.2 Å². The van der Waals surface area contributed by atoms with E-state index in [0.717, 1.165) is 42.4 Å². The van der Waals surface area contributed by atoms with Crippen molar-refractivity contribution in [2.45, 2.75) is 30.4 Å². The van der Waals surface area contributed by atoms with E-state index in [4.69, 9.17) is 21.1 Å². The summed E-state index contributed by atoms with van der Waals surface area (Å²) in [6.07, 6.45) is 6.34. The molecule has 0 aliphatic carbocycles. The summed E-state index contributed by atoms with van der Waals surface area (Å²) in [5.41, 5.74) is 0.710. The minimum atomic E-state index is -4.01. The van der Waals surface area contributed by atoms with Crippen LogP contribution < -0.4 is 9.47 Å². The highest BCUT2D eigenvalue weighted by Gasteiger charge is 2.34. The first-order valence-electron chi connectivity index (χ1n) is 10.5. The molecule has 1 aromatic carbocycles. The van der Waals surface area contributed by atoms with Gasteiger partial charge in [-0.2, -0.15) is 8.42 Å². The van der Waals surface area contributed by atoms with Crippen molar-refractivity contribution < 1.29 is 22.7 Å². The van der Waals surface area contributed by atoms with Crippen molar-refractivity contribution in [3.8, 4) is 11.5 Å². The molecule has 182 valence electrons. The van der Waals surface area contributed by atoms with E-state index in [0.29, 0.717) is 32.9 Å². The second-order valence-corrected chi connectivity index (χ2v) is 11.7. The SMILES string of the molecule is C=CCN1C(=O)C(=Cc2ccc(OCCCCC)c(OC)c2)SC1=NS(=O)(=O)c1ccc(Cl)s1. The number of hydrogen-bond donors (Lipinski definition) is 0. The number of amides is 1. The fourth-order valence-corrected chi connectivity index (χ4v) is 6.68.